The highest BCUT2D eigenvalue weighted by molar-refractivity contribution is 7.72. The number of rotatable bonds is 4. The first-order valence-corrected chi connectivity index (χ1v) is 9.24. The molecule has 1 saturated heterocycles. The lowest BCUT2D eigenvalue weighted by molar-refractivity contribution is -0.119. The van der Waals surface area contributed by atoms with Crippen molar-refractivity contribution >= 4 is 47.5 Å². The highest BCUT2D eigenvalue weighted by Gasteiger charge is 2.31. The van der Waals surface area contributed by atoms with Crippen LogP contribution in [0.5, 0.6) is 0 Å². The van der Waals surface area contributed by atoms with Crippen LogP contribution in [0.1, 0.15) is 18.0 Å². The van der Waals surface area contributed by atoms with E-state index in [9.17, 15) is 4.79 Å². The average Bonchev–Trinajstić information content (AvgIpc) is 3.04. The minimum atomic E-state index is -0.0268. The summed E-state index contributed by atoms with van der Waals surface area (Å²) in [6, 6.07) is 19.6. The standard InChI is InChI=1S/C19H17N5OS2/c25-17-10-15(12-4-2-1-3-5-12)24(23-17)14-8-6-13(7-9-14)20-16-11-18(26)22-19(27)21-16/h1-9,11,15H,10H2,(H,23,25)(H3,20,21,22,26,27). The van der Waals surface area contributed by atoms with Crippen molar-refractivity contribution in [2.75, 3.05) is 10.3 Å². The van der Waals surface area contributed by atoms with Crippen LogP contribution in [-0.2, 0) is 4.79 Å². The van der Waals surface area contributed by atoms with Gasteiger partial charge in [0.2, 0.25) is 5.91 Å². The molecular weight excluding hydrogens is 378 g/mol. The molecule has 1 aliphatic rings. The number of aromatic amines is 2. The van der Waals surface area contributed by atoms with E-state index in [-0.39, 0.29) is 11.9 Å². The van der Waals surface area contributed by atoms with E-state index >= 15 is 0 Å². The van der Waals surface area contributed by atoms with E-state index in [0.29, 0.717) is 21.7 Å². The van der Waals surface area contributed by atoms with Crippen molar-refractivity contribution in [3.05, 3.63) is 75.6 Å². The van der Waals surface area contributed by atoms with Gasteiger partial charge in [0.15, 0.2) is 4.77 Å². The number of aromatic nitrogens is 2. The summed E-state index contributed by atoms with van der Waals surface area (Å²) < 4.78 is 1.02. The average molecular weight is 396 g/mol. The summed E-state index contributed by atoms with van der Waals surface area (Å²) in [7, 11) is 0. The molecule has 6 nitrogen and oxygen atoms in total. The highest BCUT2D eigenvalue weighted by atomic mass is 32.1. The second kappa shape index (κ2) is 7.34. The molecule has 1 atom stereocenters. The summed E-state index contributed by atoms with van der Waals surface area (Å²) in [5, 5.41) is 5.15. The van der Waals surface area contributed by atoms with Gasteiger partial charge in [-0.1, -0.05) is 42.5 Å². The van der Waals surface area contributed by atoms with Crippen molar-refractivity contribution in [3.63, 3.8) is 0 Å². The molecule has 0 bridgehead atoms. The topological polar surface area (TPSA) is 76.0 Å². The Hall–Kier alpha value is -2.97. The molecular formula is C19H17N5OS2. The molecule has 8 heteroatoms. The molecule has 1 aliphatic heterocycles. The summed E-state index contributed by atoms with van der Waals surface area (Å²) >= 11 is 10.2. The first kappa shape index (κ1) is 17.4. The summed E-state index contributed by atoms with van der Waals surface area (Å²) in [6.07, 6.45) is 0.433. The number of carbonyl (C=O) groups excluding carboxylic acids is 1. The Kier molecular flexibility index (Phi) is 4.74. The third kappa shape index (κ3) is 3.91. The van der Waals surface area contributed by atoms with Crippen LogP contribution in [0.3, 0.4) is 0 Å². The number of hydrogen-bond donors (Lipinski definition) is 4. The van der Waals surface area contributed by atoms with Crippen LogP contribution >= 0.6 is 24.4 Å². The van der Waals surface area contributed by atoms with E-state index < -0.39 is 0 Å². The SMILES string of the molecule is O=C1CC(c2ccccc2)N(c2ccc(Nc3cc(=S)[nH]c(=S)[nH]3)cc2)N1. The molecule has 4 N–H and O–H groups in total. The second-order valence-electron chi connectivity index (χ2n) is 6.21. The second-order valence-corrected chi connectivity index (χ2v) is 7.06. The molecule has 3 aromatic rings. The molecule has 1 aromatic heterocycles. The first-order chi connectivity index (χ1) is 13.1. The van der Waals surface area contributed by atoms with E-state index in [0.717, 1.165) is 16.9 Å². The predicted molar refractivity (Wildman–Crippen MR) is 111 cm³/mol. The Morgan fingerprint density at radius 3 is 2.44 bits per heavy atom. The number of carbonyl (C=O) groups is 1. The van der Waals surface area contributed by atoms with Crippen molar-refractivity contribution in [3.8, 4) is 0 Å². The number of benzene rings is 2. The molecule has 0 aliphatic carbocycles. The molecule has 0 saturated carbocycles. The monoisotopic (exact) mass is 395 g/mol. The van der Waals surface area contributed by atoms with Crippen LogP contribution in [0, 0.1) is 9.41 Å². The summed E-state index contributed by atoms with van der Waals surface area (Å²) in [6.45, 7) is 0. The number of amides is 1. The summed E-state index contributed by atoms with van der Waals surface area (Å²) in [5.41, 5.74) is 5.84. The minimum Gasteiger partial charge on any atom is -0.342 e. The maximum Gasteiger partial charge on any atom is 0.241 e. The van der Waals surface area contributed by atoms with Gasteiger partial charge in [-0.15, -0.1) is 0 Å². The van der Waals surface area contributed by atoms with Gasteiger partial charge in [0.1, 0.15) is 10.5 Å². The maximum atomic E-state index is 12.0. The molecule has 1 amide bonds. The van der Waals surface area contributed by atoms with Crippen LogP contribution in [0.15, 0.2) is 60.7 Å². The van der Waals surface area contributed by atoms with Crippen molar-refractivity contribution in [1.29, 1.82) is 0 Å². The predicted octanol–water partition coefficient (Wildman–Crippen LogP) is 4.53. The van der Waals surface area contributed by atoms with E-state index in [1.165, 1.54) is 0 Å². The van der Waals surface area contributed by atoms with Crippen LogP contribution < -0.4 is 15.8 Å². The quantitative estimate of drug-likeness (QED) is 0.489. The Balaban J connectivity index is 1.57. The lowest BCUT2D eigenvalue weighted by Crippen LogP contribution is -2.34. The lowest BCUT2D eigenvalue weighted by atomic mass is 10.0. The van der Waals surface area contributed by atoms with Gasteiger partial charge in [0, 0.05) is 11.8 Å². The normalized spacial score (nSPS) is 16.2. The number of hydrogen-bond acceptors (Lipinski definition) is 5. The maximum absolute atomic E-state index is 12.0. The Labute approximate surface area is 166 Å². The number of nitrogens with zero attached hydrogens (tertiary/aromatic N) is 1. The van der Waals surface area contributed by atoms with Gasteiger partial charge in [-0.3, -0.25) is 15.2 Å². The molecule has 0 radical (unpaired) electrons. The van der Waals surface area contributed by atoms with E-state index in [1.54, 1.807) is 6.07 Å². The molecule has 136 valence electrons. The molecule has 4 rings (SSSR count). The fourth-order valence-corrected chi connectivity index (χ4v) is 3.61. The van der Waals surface area contributed by atoms with Crippen LogP contribution in [0.2, 0.25) is 0 Å². The van der Waals surface area contributed by atoms with Gasteiger partial charge in [-0.2, -0.15) is 0 Å². The Morgan fingerprint density at radius 1 is 1.00 bits per heavy atom. The summed E-state index contributed by atoms with van der Waals surface area (Å²) in [5.74, 6) is 0.727. The third-order valence-corrected chi connectivity index (χ3v) is 4.73. The van der Waals surface area contributed by atoms with Crippen LogP contribution in [0.4, 0.5) is 17.2 Å². The smallest absolute Gasteiger partial charge is 0.241 e. The molecule has 1 fully saturated rings. The van der Waals surface area contributed by atoms with Gasteiger partial charge in [0.25, 0.3) is 0 Å². The first-order valence-electron chi connectivity index (χ1n) is 8.43. The highest BCUT2D eigenvalue weighted by Crippen LogP contribution is 2.32. The molecule has 1 unspecified atom stereocenters. The minimum absolute atomic E-state index is 0.0112. The number of anilines is 3. The fourth-order valence-electron chi connectivity index (χ4n) is 3.11. The van der Waals surface area contributed by atoms with Gasteiger partial charge in [-0.25, -0.2) is 0 Å². The zero-order chi connectivity index (χ0) is 18.8. The Bertz CT molecular complexity index is 1050. The zero-order valence-corrected chi connectivity index (χ0v) is 15.9. The van der Waals surface area contributed by atoms with Crippen molar-refractivity contribution in [1.82, 2.24) is 15.4 Å². The van der Waals surface area contributed by atoms with Crippen molar-refractivity contribution < 1.29 is 4.79 Å². The van der Waals surface area contributed by atoms with Gasteiger partial charge >= 0.3 is 0 Å². The summed E-state index contributed by atoms with van der Waals surface area (Å²) in [4.78, 5) is 17.9. The largest absolute Gasteiger partial charge is 0.342 e. The lowest BCUT2D eigenvalue weighted by Gasteiger charge is -2.26. The van der Waals surface area contributed by atoms with E-state index in [1.807, 2.05) is 59.6 Å². The number of nitrogens with one attached hydrogen (secondary N) is 4. The number of hydrazine groups is 1. The van der Waals surface area contributed by atoms with Gasteiger partial charge < -0.3 is 15.3 Å². The Morgan fingerprint density at radius 2 is 1.74 bits per heavy atom. The molecule has 2 aromatic carbocycles. The van der Waals surface area contributed by atoms with Crippen molar-refractivity contribution in [2.45, 2.75) is 12.5 Å². The third-order valence-electron chi connectivity index (χ3n) is 4.30. The fraction of sp³-hybridized carbons (Fsp3) is 0.105. The molecule has 2 heterocycles. The van der Waals surface area contributed by atoms with E-state index in [2.05, 4.69) is 20.7 Å². The molecule has 27 heavy (non-hydrogen) atoms. The van der Waals surface area contributed by atoms with E-state index in [4.69, 9.17) is 24.4 Å². The van der Waals surface area contributed by atoms with Crippen LogP contribution in [0.25, 0.3) is 0 Å². The van der Waals surface area contributed by atoms with Gasteiger partial charge in [0.05, 0.1) is 18.2 Å². The van der Waals surface area contributed by atoms with Gasteiger partial charge in [-0.05, 0) is 42.0 Å². The van der Waals surface area contributed by atoms with Crippen molar-refractivity contribution in [2.24, 2.45) is 0 Å². The van der Waals surface area contributed by atoms with Crippen LogP contribution in [-0.4, -0.2) is 15.9 Å². The molecule has 0 spiro atoms. The zero-order valence-electron chi connectivity index (χ0n) is 14.2. The number of H-pyrrole nitrogens is 2.